The molecule has 1 aliphatic carbocycles. The summed E-state index contributed by atoms with van der Waals surface area (Å²) in [7, 11) is 1.66. The van der Waals surface area contributed by atoms with Crippen LogP contribution in [0.1, 0.15) is 36.9 Å². The molecular weight excluding hydrogens is 202 g/mol. The average molecular weight is 219 g/mol. The molecule has 0 heterocycles. The highest BCUT2D eigenvalue weighted by Crippen LogP contribution is 2.32. The quantitative estimate of drug-likeness (QED) is 0.828. The van der Waals surface area contributed by atoms with Gasteiger partial charge in [0.15, 0.2) is 0 Å². The molecule has 1 aromatic rings. The van der Waals surface area contributed by atoms with Crippen molar-refractivity contribution >= 4 is 5.91 Å². The molecule has 16 heavy (non-hydrogen) atoms. The molecule has 86 valence electrons. The molecule has 1 amide bonds. The summed E-state index contributed by atoms with van der Waals surface area (Å²) in [4.78, 5) is 11.1. The molecule has 1 N–H and O–H groups in total. The van der Waals surface area contributed by atoms with Gasteiger partial charge in [0.1, 0.15) is 5.75 Å². The molecule has 3 heteroatoms. The standard InChI is InChI=1S/C13H17NO2/c1-9(15)14-13-5-3-4-10-6-7-11(16-2)8-12(10)13/h6-8,13H,3-5H2,1-2H3,(H,14,15). The van der Waals surface area contributed by atoms with Gasteiger partial charge in [0.25, 0.3) is 0 Å². The van der Waals surface area contributed by atoms with Crippen LogP contribution in [0.4, 0.5) is 0 Å². The van der Waals surface area contributed by atoms with Gasteiger partial charge < -0.3 is 10.1 Å². The molecule has 0 bridgehead atoms. The van der Waals surface area contributed by atoms with Crippen molar-refractivity contribution in [3.8, 4) is 5.75 Å². The van der Waals surface area contributed by atoms with E-state index < -0.39 is 0 Å². The smallest absolute Gasteiger partial charge is 0.217 e. The fourth-order valence-corrected chi connectivity index (χ4v) is 2.30. The predicted octanol–water partition coefficient (Wildman–Crippen LogP) is 2.21. The summed E-state index contributed by atoms with van der Waals surface area (Å²) in [5, 5.41) is 2.99. The van der Waals surface area contributed by atoms with Crippen molar-refractivity contribution in [2.24, 2.45) is 0 Å². The first-order valence-electron chi connectivity index (χ1n) is 5.64. The molecular formula is C13H17NO2. The lowest BCUT2D eigenvalue weighted by Crippen LogP contribution is -2.28. The van der Waals surface area contributed by atoms with Gasteiger partial charge in [-0.2, -0.15) is 0 Å². The molecule has 0 spiro atoms. The average Bonchev–Trinajstić information content (AvgIpc) is 2.28. The Balaban J connectivity index is 2.31. The summed E-state index contributed by atoms with van der Waals surface area (Å²) in [6.45, 7) is 1.56. The van der Waals surface area contributed by atoms with Gasteiger partial charge >= 0.3 is 0 Å². The Bertz CT molecular complexity index is 401. The number of fused-ring (bicyclic) bond motifs is 1. The Morgan fingerprint density at radius 3 is 3.00 bits per heavy atom. The summed E-state index contributed by atoms with van der Waals surface area (Å²) < 4.78 is 5.22. The summed E-state index contributed by atoms with van der Waals surface area (Å²) >= 11 is 0. The second-order valence-corrected chi connectivity index (χ2v) is 4.21. The number of amides is 1. The maximum absolute atomic E-state index is 11.1. The second-order valence-electron chi connectivity index (χ2n) is 4.21. The Labute approximate surface area is 95.8 Å². The van der Waals surface area contributed by atoms with Crippen molar-refractivity contribution in [3.05, 3.63) is 29.3 Å². The van der Waals surface area contributed by atoms with Crippen LogP contribution in [0.2, 0.25) is 0 Å². The van der Waals surface area contributed by atoms with Crippen molar-refractivity contribution in [1.82, 2.24) is 5.32 Å². The normalized spacial score (nSPS) is 18.8. The van der Waals surface area contributed by atoms with E-state index in [0.29, 0.717) is 0 Å². The van der Waals surface area contributed by atoms with Crippen LogP contribution in [0.3, 0.4) is 0 Å². The molecule has 0 fully saturated rings. The van der Waals surface area contributed by atoms with Crippen LogP contribution >= 0.6 is 0 Å². The zero-order valence-electron chi connectivity index (χ0n) is 9.75. The molecule has 2 rings (SSSR count). The van der Waals surface area contributed by atoms with Crippen molar-refractivity contribution in [2.45, 2.75) is 32.2 Å². The van der Waals surface area contributed by atoms with Gasteiger partial charge in [0, 0.05) is 6.92 Å². The van der Waals surface area contributed by atoms with E-state index in [1.807, 2.05) is 12.1 Å². The van der Waals surface area contributed by atoms with Crippen LogP contribution in [-0.4, -0.2) is 13.0 Å². The first-order valence-corrected chi connectivity index (χ1v) is 5.64. The first-order chi connectivity index (χ1) is 7.70. The highest BCUT2D eigenvalue weighted by atomic mass is 16.5. The number of hydrogen-bond donors (Lipinski definition) is 1. The fourth-order valence-electron chi connectivity index (χ4n) is 2.30. The number of benzene rings is 1. The summed E-state index contributed by atoms with van der Waals surface area (Å²) in [6.07, 6.45) is 3.24. The van der Waals surface area contributed by atoms with Crippen LogP contribution in [0.15, 0.2) is 18.2 Å². The van der Waals surface area contributed by atoms with E-state index in [0.717, 1.165) is 25.0 Å². The number of carbonyl (C=O) groups is 1. The topological polar surface area (TPSA) is 38.3 Å². The van der Waals surface area contributed by atoms with Gasteiger partial charge in [-0.3, -0.25) is 4.79 Å². The van der Waals surface area contributed by atoms with E-state index in [1.165, 1.54) is 11.1 Å². The third-order valence-electron chi connectivity index (χ3n) is 3.04. The van der Waals surface area contributed by atoms with Gasteiger partial charge in [-0.05, 0) is 42.5 Å². The van der Waals surface area contributed by atoms with Gasteiger partial charge in [0.2, 0.25) is 5.91 Å². The summed E-state index contributed by atoms with van der Waals surface area (Å²) in [6, 6.07) is 6.27. The summed E-state index contributed by atoms with van der Waals surface area (Å²) in [5.41, 5.74) is 2.53. The van der Waals surface area contributed by atoms with E-state index in [2.05, 4.69) is 11.4 Å². The molecule has 1 aromatic carbocycles. The zero-order chi connectivity index (χ0) is 11.5. The zero-order valence-corrected chi connectivity index (χ0v) is 9.75. The number of ether oxygens (including phenoxy) is 1. The molecule has 0 radical (unpaired) electrons. The number of methoxy groups -OCH3 is 1. The molecule has 1 aliphatic rings. The minimum atomic E-state index is 0.0284. The maximum Gasteiger partial charge on any atom is 0.217 e. The fraction of sp³-hybridized carbons (Fsp3) is 0.462. The molecule has 1 atom stereocenters. The predicted molar refractivity (Wildman–Crippen MR) is 62.5 cm³/mol. The van der Waals surface area contributed by atoms with E-state index in [-0.39, 0.29) is 11.9 Å². The van der Waals surface area contributed by atoms with Crippen molar-refractivity contribution < 1.29 is 9.53 Å². The lowest BCUT2D eigenvalue weighted by Gasteiger charge is -2.26. The van der Waals surface area contributed by atoms with E-state index in [9.17, 15) is 4.79 Å². The monoisotopic (exact) mass is 219 g/mol. The number of aryl methyl sites for hydroxylation is 1. The van der Waals surface area contributed by atoms with Crippen LogP contribution < -0.4 is 10.1 Å². The second kappa shape index (κ2) is 4.56. The number of nitrogens with one attached hydrogen (secondary N) is 1. The highest BCUT2D eigenvalue weighted by Gasteiger charge is 2.21. The SMILES string of the molecule is COc1ccc2c(c1)C(NC(C)=O)CCC2. The van der Waals surface area contributed by atoms with Crippen molar-refractivity contribution in [2.75, 3.05) is 7.11 Å². The minimum absolute atomic E-state index is 0.0284. The van der Waals surface area contributed by atoms with Crippen LogP contribution in [0.25, 0.3) is 0 Å². The Kier molecular flexibility index (Phi) is 3.13. The van der Waals surface area contributed by atoms with Gasteiger partial charge in [-0.15, -0.1) is 0 Å². The van der Waals surface area contributed by atoms with Gasteiger partial charge in [-0.1, -0.05) is 6.07 Å². The lowest BCUT2D eigenvalue weighted by molar-refractivity contribution is -0.119. The van der Waals surface area contributed by atoms with Crippen LogP contribution in [0.5, 0.6) is 5.75 Å². The number of hydrogen-bond acceptors (Lipinski definition) is 2. The minimum Gasteiger partial charge on any atom is -0.497 e. The van der Waals surface area contributed by atoms with E-state index >= 15 is 0 Å². The highest BCUT2D eigenvalue weighted by molar-refractivity contribution is 5.73. The van der Waals surface area contributed by atoms with Gasteiger partial charge in [0.05, 0.1) is 13.2 Å². The molecule has 1 unspecified atom stereocenters. The van der Waals surface area contributed by atoms with Crippen molar-refractivity contribution in [3.63, 3.8) is 0 Å². The lowest BCUT2D eigenvalue weighted by atomic mass is 9.87. The van der Waals surface area contributed by atoms with Gasteiger partial charge in [-0.25, -0.2) is 0 Å². The first kappa shape index (κ1) is 11.0. The van der Waals surface area contributed by atoms with Crippen LogP contribution in [-0.2, 0) is 11.2 Å². The van der Waals surface area contributed by atoms with Crippen LogP contribution in [0, 0.1) is 0 Å². The maximum atomic E-state index is 11.1. The Morgan fingerprint density at radius 2 is 2.31 bits per heavy atom. The third-order valence-corrected chi connectivity index (χ3v) is 3.04. The molecule has 0 saturated heterocycles. The Morgan fingerprint density at radius 1 is 1.50 bits per heavy atom. The van der Waals surface area contributed by atoms with E-state index in [1.54, 1.807) is 14.0 Å². The molecule has 3 nitrogen and oxygen atoms in total. The molecule has 0 aromatic heterocycles. The molecule has 0 saturated carbocycles. The largest absolute Gasteiger partial charge is 0.497 e. The number of rotatable bonds is 2. The van der Waals surface area contributed by atoms with E-state index in [4.69, 9.17) is 4.74 Å². The third kappa shape index (κ3) is 2.18. The van der Waals surface area contributed by atoms with Crippen molar-refractivity contribution in [1.29, 1.82) is 0 Å². The molecule has 0 aliphatic heterocycles. The summed E-state index contributed by atoms with van der Waals surface area (Å²) in [5.74, 6) is 0.886. The Hall–Kier alpha value is -1.51. The number of carbonyl (C=O) groups excluding carboxylic acids is 1.